The van der Waals surface area contributed by atoms with E-state index in [0.29, 0.717) is 24.0 Å². The fourth-order valence-corrected chi connectivity index (χ4v) is 3.29. The molecule has 0 spiro atoms. The molecule has 5 heteroatoms. The minimum Gasteiger partial charge on any atom is -0.468 e. The highest BCUT2D eigenvalue weighted by Gasteiger charge is 2.18. The van der Waals surface area contributed by atoms with Crippen LogP contribution in [0.3, 0.4) is 0 Å². The number of rotatable bonds is 10. The molecule has 2 atom stereocenters. The number of nitrogens with one attached hydrogen (secondary N) is 1. The first-order chi connectivity index (χ1) is 11.9. The number of esters is 1. The fraction of sp³-hybridized carbons (Fsp3) is 0.600. The summed E-state index contributed by atoms with van der Waals surface area (Å²) in [7, 11) is 1.37. The van der Waals surface area contributed by atoms with Crippen molar-refractivity contribution in [1.29, 1.82) is 0 Å². The molecule has 0 aliphatic heterocycles. The monoisotopic (exact) mass is 365 g/mol. The Morgan fingerprint density at radius 1 is 1.12 bits per heavy atom. The Bertz CT molecular complexity index is 542. The highest BCUT2D eigenvalue weighted by Crippen LogP contribution is 2.25. The van der Waals surface area contributed by atoms with Gasteiger partial charge in [-0.2, -0.15) is 0 Å². The number of amides is 1. The molecule has 1 aromatic rings. The molecule has 140 valence electrons. The van der Waals surface area contributed by atoms with Crippen LogP contribution < -0.4 is 5.32 Å². The van der Waals surface area contributed by atoms with Crippen molar-refractivity contribution >= 4 is 23.6 Å². The van der Waals surface area contributed by atoms with Crippen molar-refractivity contribution in [2.75, 3.05) is 18.6 Å². The maximum absolute atomic E-state index is 12.2. The van der Waals surface area contributed by atoms with Crippen LogP contribution in [0.2, 0.25) is 0 Å². The molecule has 4 nitrogen and oxygen atoms in total. The molecule has 1 amide bonds. The number of carbonyl (C=O) groups is 2. The Kier molecular flexibility index (Phi) is 9.65. The van der Waals surface area contributed by atoms with Gasteiger partial charge in [0.15, 0.2) is 0 Å². The van der Waals surface area contributed by atoms with Crippen LogP contribution in [0.4, 0.5) is 0 Å². The van der Waals surface area contributed by atoms with Crippen molar-refractivity contribution in [2.24, 2.45) is 5.92 Å². The van der Waals surface area contributed by atoms with Gasteiger partial charge in [0.1, 0.15) is 0 Å². The van der Waals surface area contributed by atoms with Crippen molar-refractivity contribution in [3.05, 3.63) is 35.4 Å². The lowest BCUT2D eigenvalue weighted by molar-refractivity contribution is -0.137. The van der Waals surface area contributed by atoms with Gasteiger partial charge in [0.05, 0.1) is 18.9 Å². The van der Waals surface area contributed by atoms with Gasteiger partial charge in [0.2, 0.25) is 5.91 Å². The molecular weight excluding hydrogens is 334 g/mol. The normalized spacial score (nSPS) is 13.4. The average molecular weight is 366 g/mol. The van der Waals surface area contributed by atoms with Crippen molar-refractivity contribution < 1.29 is 14.3 Å². The van der Waals surface area contributed by atoms with Gasteiger partial charge in [-0.3, -0.25) is 9.59 Å². The van der Waals surface area contributed by atoms with E-state index >= 15 is 0 Å². The van der Waals surface area contributed by atoms with Crippen molar-refractivity contribution in [1.82, 2.24) is 5.32 Å². The maximum atomic E-state index is 12.2. The fourth-order valence-electron chi connectivity index (χ4n) is 2.53. The van der Waals surface area contributed by atoms with Crippen LogP contribution in [0.1, 0.15) is 63.6 Å². The molecule has 1 aromatic carbocycles. The Labute approximate surface area is 156 Å². The Balaban J connectivity index is 2.59. The quantitative estimate of drug-likeness (QED) is 0.496. The summed E-state index contributed by atoms with van der Waals surface area (Å²) in [6.07, 6.45) is 1.52. The second-order valence-corrected chi connectivity index (χ2v) is 7.75. The van der Waals surface area contributed by atoms with Crippen LogP contribution in [0.5, 0.6) is 0 Å². The van der Waals surface area contributed by atoms with Gasteiger partial charge >= 0.3 is 5.97 Å². The van der Waals surface area contributed by atoms with E-state index in [4.69, 9.17) is 0 Å². The summed E-state index contributed by atoms with van der Waals surface area (Å²) < 4.78 is 4.59. The third kappa shape index (κ3) is 7.51. The largest absolute Gasteiger partial charge is 0.468 e. The molecule has 25 heavy (non-hydrogen) atoms. The SMILES string of the molecule is CCC(C)c1ccc(C(NC(=O)CCSCC(=O)OC)C(C)C)cc1. The lowest BCUT2D eigenvalue weighted by atomic mass is 9.92. The van der Waals surface area contributed by atoms with E-state index in [9.17, 15) is 9.59 Å². The highest BCUT2D eigenvalue weighted by molar-refractivity contribution is 7.99. The van der Waals surface area contributed by atoms with E-state index < -0.39 is 0 Å². The molecule has 0 bridgehead atoms. The number of thioether (sulfide) groups is 1. The topological polar surface area (TPSA) is 55.4 Å². The summed E-state index contributed by atoms with van der Waals surface area (Å²) in [5, 5.41) is 3.13. The van der Waals surface area contributed by atoms with Gasteiger partial charge in [-0.1, -0.05) is 52.0 Å². The Morgan fingerprint density at radius 2 is 1.72 bits per heavy atom. The number of methoxy groups -OCH3 is 1. The summed E-state index contributed by atoms with van der Waals surface area (Å²) in [4.78, 5) is 23.3. The van der Waals surface area contributed by atoms with Crippen molar-refractivity contribution in [3.8, 4) is 0 Å². The first-order valence-corrected chi connectivity index (χ1v) is 10.1. The predicted molar refractivity (Wildman–Crippen MR) is 105 cm³/mol. The summed E-state index contributed by atoms with van der Waals surface area (Å²) in [5.41, 5.74) is 2.47. The van der Waals surface area contributed by atoms with Crippen LogP contribution in [-0.2, 0) is 14.3 Å². The molecule has 1 N–H and O–H groups in total. The molecule has 0 saturated carbocycles. The van der Waals surface area contributed by atoms with Gasteiger partial charge in [-0.15, -0.1) is 11.8 Å². The first-order valence-electron chi connectivity index (χ1n) is 8.92. The number of hydrogen-bond acceptors (Lipinski definition) is 4. The first kappa shape index (κ1) is 21.6. The number of hydrogen-bond donors (Lipinski definition) is 1. The van der Waals surface area contributed by atoms with Crippen LogP contribution >= 0.6 is 11.8 Å². The second kappa shape index (κ2) is 11.2. The summed E-state index contributed by atoms with van der Waals surface area (Å²) in [6.45, 7) is 8.63. The molecule has 0 saturated heterocycles. The second-order valence-electron chi connectivity index (χ2n) is 6.64. The van der Waals surface area contributed by atoms with Gasteiger partial charge in [0.25, 0.3) is 0 Å². The van der Waals surface area contributed by atoms with E-state index in [2.05, 4.69) is 62.0 Å². The lowest BCUT2D eigenvalue weighted by Gasteiger charge is -2.23. The van der Waals surface area contributed by atoms with E-state index in [-0.39, 0.29) is 23.7 Å². The maximum Gasteiger partial charge on any atom is 0.315 e. The minimum atomic E-state index is -0.258. The van der Waals surface area contributed by atoms with Crippen LogP contribution in [-0.4, -0.2) is 30.5 Å². The van der Waals surface area contributed by atoms with Gasteiger partial charge < -0.3 is 10.1 Å². The van der Waals surface area contributed by atoms with E-state index in [1.54, 1.807) is 0 Å². The predicted octanol–water partition coefficient (Wildman–Crippen LogP) is 4.31. The van der Waals surface area contributed by atoms with Crippen molar-refractivity contribution in [2.45, 2.75) is 52.5 Å². The molecular formula is C20H31NO3S. The molecule has 0 fully saturated rings. The lowest BCUT2D eigenvalue weighted by Crippen LogP contribution is -2.32. The summed E-state index contributed by atoms with van der Waals surface area (Å²) in [5.74, 6) is 1.51. The standard InChI is InChI=1S/C20H31NO3S/c1-6-15(4)16-7-9-17(10-8-16)20(14(2)3)21-18(22)11-12-25-13-19(23)24-5/h7-10,14-15,20H,6,11-13H2,1-5H3,(H,21,22). The van der Waals surface area contributed by atoms with E-state index in [1.165, 1.54) is 24.4 Å². The number of carbonyl (C=O) groups excluding carboxylic acids is 2. The third-order valence-corrected chi connectivity index (χ3v) is 5.31. The zero-order valence-corrected chi connectivity index (χ0v) is 16.8. The molecule has 0 aliphatic carbocycles. The zero-order chi connectivity index (χ0) is 18.8. The van der Waals surface area contributed by atoms with Crippen LogP contribution in [0.15, 0.2) is 24.3 Å². The highest BCUT2D eigenvalue weighted by atomic mass is 32.2. The summed E-state index contributed by atoms with van der Waals surface area (Å²) in [6, 6.07) is 8.58. The molecule has 1 rings (SSSR count). The van der Waals surface area contributed by atoms with E-state index in [1.807, 2.05) is 0 Å². The zero-order valence-electron chi connectivity index (χ0n) is 16.0. The van der Waals surface area contributed by atoms with Crippen LogP contribution in [0.25, 0.3) is 0 Å². The van der Waals surface area contributed by atoms with E-state index in [0.717, 1.165) is 12.0 Å². The van der Waals surface area contributed by atoms with Crippen LogP contribution in [0, 0.1) is 5.92 Å². The smallest absolute Gasteiger partial charge is 0.315 e. The molecule has 0 heterocycles. The third-order valence-electron chi connectivity index (χ3n) is 4.38. The van der Waals surface area contributed by atoms with Gasteiger partial charge in [-0.25, -0.2) is 0 Å². The number of ether oxygens (including phenoxy) is 1. The Hall–Kier alpha value is -1.49. The Morgan fingerprint density at radius 3 is 2.24 bits per heavy atom. The molecule has 0 aliphatic rings. The van der Waals surface area contributed by atoms with Gasteiger partial charge in [0, 0.05) is 12.2 Å². The average Bonchev–Trinajstić information content (AvgIpc) is 2.62. The van der Waals surface area contributed by atoms with Gasteiger partial charge in [-0.05, 0) is 29.4 Å². The molecule has 0 radical (unpaired) electrons. The molecule has 0 aromatic heterocycles. The number of benzene rings is 1. The minimum absolute atomic E-state index is 0.00379. The van der Waals surface area contributed by atoms with Crippen molar-refractivity contribution in [3.63, 3.8) is 0 Å². The molecule has 2 unspecified atom stereocenters. The summed E-state index contributed by atoms with van der Waals surface area (Å²) >= 11 is 1.42.